The van der Waals surface area contributed by atoms with Crippen molar-refractivity contribution < 1.29 is 4.74 Å². The summed E-state index contributed by atoms with van der Waals surface area (Å²) < 4.78 is 7.12. The van der Waals surface area contributed by atoms with E-state index in [-0.39, 0.29) is 0 Å². The fourth-order valence-electron chi connectivity index (χ4n) is 2.97. The predicted octanol–water partition coefficient (Wildman–Crippen LogP) is 5.15. The first-order valence-corrected chi connectivity index (χ1v) is 10.0. The number of rotatable bonds is 6. The Morgan fingerprint density at radius 2 is 1.86 bits per heavy atom. The van der Waals surface area contributed by atoms with Crippen molar-refractivity contribution in [2.24, 2.45) is 5.10 Å². The number of methoxy groups -OCH3 is 1. The number of nitrogens with zero attached hydrogens (tertiary/aromatic N) is 4. The zero-order valence-electron chi connectivity index (χ0n) is 16.5. The van der Waals surface area contributed by atoms with Gasteiger partial charge in [-0.25, -0.2) is 9.67 Å². The Morgan fingerprint density at radius 3 is 2.59 bits per heavy atom. The van der Waals surface area contributed by atoms with E-state index in [0.717, 1.165) is 44.8 Å². The van der Waals surface area contributed by atoms with Gasteiger partial charge in [0.25, 0.3) is 0 Å². The van der Waals surface area contributed by atoms with Gasteiger partial charge in [0, 0.05) is 10.9 Å². The number of hydrogen-bond donors (Lipinski definition) is 1. The fraction of sp³-hybridized carbons (Fsp3) is 0.136. The maximum absolute atomic E-state index is 5.19. The van der Waals surface area contributed by atoms with Gasteiger partial charge in [-0.3, -0.25) is 5.43 Å². The molecule has 4 aromatic rings. The summed E-state index contributed by atoms with van der Waals surface area (Å²) in [5.74, 6) is 0.825. The van der Waals surface area contributed by atoms with E-state index in [1.165, 1.54) is 11.3 Å². The molecule has 1 N–H and O–H groups in total. The van der Waals surface area contributed by atoms with Crippen LogP contribution in [0, 0.1) is 6.92 Å². The van der Waals surface area contributed by atoms with E-state index in [2.05, 4.69) is 20.6 Å². The maximum Gasteiger partial charge on any atom is 0.203 e. The van der Waals surface area contributed by atoms with Crippen molar-refractivity contribution in [3.8, 4) is 22.7 Å². The monoisotopic (exact) mass is 403 g/mol. The molecular weight excluding hydrogens is 382 g/mol. The molecule has 0 aliphatic carbocycles. The Labute approximate surface area is 173 Å². The van der Waals surface area contributed by atoms with Gasteiger partial charge in [0.15, 0.2) is 0 Å². The van der Waals surface area contributed by atoms with Crippen LogP contribution in [0.2, 0.25) is 0 Å². The Hall–Kier alpha value is -3.45. The van der Waals surface area contributed by atoms with Crippen LogP contribution in [0.4, 0.5) is 5.13 Å². The Kier molecular flexibility index (Phi) is 5.39. The van der Waals surface area contributed by atoms with Gasteiger partial charge < -0.3 is 4.74 Å². The van der Waals surface area contributed by atoms with Crippen LogP contribution in [0.25, 0.3) is 16.9 Å². The molecule has 0 unspecified atom stereocenters. The van der Waals surface area contributed by atoms with Gasteiger partial charge in [0.2, 0.25) is 5.13 Å². The lowest BCUT2D eigenvalue weighted by atomic mass is 10.1. The second kappa shape index (κ2) is 8.28. The lowest BCUT2D eigenvalue weighted by Crippen LogP contribution is -1.99. The van der Waals surface area contributed by atoms with E-state index in [1.54, 1.807) is 7.11 Å². The van der Waals surface area contributed by atoms with Crippen molar-refractivity contribution in [3.05, 3.63) is 77.4 Å². The van der Waals surface area contributed by atoms with Crippen LogP contribution in [0.5, 0.6) is 5.75 Å². The van der Waals surface area contributed by atoms with E-state index in [1.807, 2.05) is 84.7 Å². The van der Waals surface area contributed by atoms with Crippen molar-refractivity contribution in [1.29, 1.82) is 0 Å². The molecule has 0 bridgehead atoms. The number of para-hydroxylation sites is 1. The highest BCUT2D eigenvalue weighted by molar-refractivity contribution is 7.14. The molecule has 29 heavy (non-hydrogen) atoms. The van der Waals surface area contributed by atoms with Crippen molar-refractivity contribution >= 4 is 22.2 Å². The van der Waals surface area contributed by atoms with Crippen LogP contribution in [0.1, 0.15) is 18.2 Å². The lowest BCUT2D eigenvalue weighted by Gasteiger charge is -2.04. The number of benzene rings is 2. The molecule has 0 saturated carbocycles. The average molecular weight is 404 g/mol. The number of nitrogens with one attached hydrogen (secondary N) is 1. The summed E-state index contributed by atoms with van der Waals surface area (Å²) in [6.45, 7) is 4.01. The van der Waals surface area contributed by atoms with Crippen LogP contribution in [-0.4, -0.2) is 27.6 Å². The molecule has 0 fully saturated rings. The van der Waals surface area contributed by atoms with Gasteiger partial charge in [-0.2, -0.15) is 10.2 Å². The molecule has 0 saturated heterocycles. The van der Waals surface area contributed by atoms with E-state index in [0.29, 0.717) is 0 Å². The molecule has 2 aromatic heterocycles. The SMILES string of the molecule is COc1ccc(/C(C)=N/Nc2nc(-c3cnn(-c4ccccc4)c3C)cs2)cc1. The van der Waals surface area contributed by atoms with Crippen molar-refractivity contribution in [2.45, 2.75) is 13.8 Å². The summed E-state index contributed by atoms with van der Waals surface area (Å²) in [5.41, 5.74) is 8.92. The Morgan fingerprint density at radius 1 is 1.10 bits per heavy atom. The summed E-state index contributed by atoms with van der Waals surface area (Å²) in [6, 6.07) is 17.9. The summed E-state index contributed by atoms with van der Waals surface area (Å²) >= 11 is 1.52. The number of hydrazone groups is 1. The number of aromatic nitrogens is 3. The minimum atomic E-state index is 0.736. The molecule has 0 atom stereocenters. The van der Waals surface area contributed by atoms with E-state index in [9.17, 15) is 0 Å². The normalized spacial score (nSPS) is 11.5. The summed E-state index contributed by atoms with van der Waals surface area (Å²) in [6.07, 6.45) is 1.85. The van der Waals surface area contributed by atoms with E-state index in [4.69, 9.17) is 4.74 Å². The molecule has 4 rings (SSSR count). The van der Waals surface area contributed by atoms with Crippen LogP contribution >= 0.6 is 11.3 Å². The minimum Gasteiger partial charge on any atom is -0.497 e. The molecule has 2 heterocycles. The third-order valence-corrected chi connectivity index (χ3v) is 5.36. The van der Waals surface area contributed by atoms with E-state index < -0.39 is 0 Å². The molecule has 0 radical (unpaired) electrons. The molecule has 146 valence electrons. The smallest absolute Gasteiger partial charge is 0.203 e. The van der Waals surface area contributed by atoms with Gasteiger partial charge in [-0.15, -0.1) is 11.3 Å². The molecule has 6 nitrogen and oxygen atoms in total. The molecule has 0 aliphatic heterocycles. The topological polar surface area (TPSA) is 64.3 Å². The van der Waals surface area contributed by atoms with Gasteiger partial charge in [-0.1, -0.05) is 18.2 Å². The first-order valence-electron chi connectivity index (χ1n) is 9.16. The van der Waals surface area contributed by atoms with Crippen molar-refractivity contribution in [3.63, 3.8) is 0 Å². The summed E-state index contributed by atoms with van der Waals surface area (Å²) in [4.78, 5) is 4.67. The summed E-state index contributed by atoms with van der Waals surface area (Å²) in [7, 11) is 1.66. The van der Waals surface area contributed by atoms with Gasteiger partial charge in [0.05, 0.1) is 36.1 Å². The highest BCUT2D eigenvalue weighted by Crippen LogP contribution is 2.28. The zero-order chi connectivity index (χ0) is 20.2. The second-order valence-corrected chi connectivity index (χ2v) is 7.32. The van der Waals surface area contributed by atoms with Crippen molar-refractivity contribution in [2.75, 3.05) is 12.5 Å². The zero-order valence-corrected chi connectivity index (χ0v) is 17.3. The third-order valence-electron chi connectivity index (χ3n) is 4.62. The van der Waals surface area contributed by atoms with Gasteiger partial charge in [0.1, 0.15) is 5.75 Å². The van der Waals surface area contributed by atoms with Crippen LogP contribution in [-0.2, 0) is 0 Å². The standard InChI is InChI=1S/C22H21N5OS/c1-15(17-9-11-19(28-3)12-10-17)25-26-22-24-21(14-29-22)20-13-23-27(16(20)2)18-7-5-4-6-8-18/h4-14H,1-3H3,(H,24,26)/b25-15+. The van der Waals surface area contributed by atoms with Crippen molar-refractivity contribution in [1.82, 2.24) is 14.8 Å². The summed E-state index contributed by atoms with van der Waals surface area (Å²) in [5, 5.41) is 11.7. The maximum atomic E-state index is 5.19. The molecule has 0 aliphatic rings. The number of thiazole rings is 1. The van der Waals surface area contributed by atoms with Crippen LogP contribution in [0.3, 0.4) is 0 Å². The first-order chi connectivity index (χ1) is 14.2. The predicted molar refractivity (Wildman–Crippen MR) is 118 cm³/mol. The van der Waals surface area contributed by atoms with Gasteiger partial charge >= 0.3 is 0 Å². The van der Waals surface area contributed by atoms with Gasteiger partial charge in [-0.05, 0) is 55.8 Å². The highest BCUT2D eigenvalue weighted by Gasteiger charge is 2.13. The Bertz CT molecular complexity index is 1130. The molecular formula is C22H21N5OS. The van der Waals surface area contributed by atoms with Crippen LogP contribution < -0.4 is 10.2 Å². The minimum absolute atomic E-state index is 0.736. The van der Waals surface area contributed by atoms with Crippen LogP contribution in [0.15, 0.2) is 71.3 Å². The van der Waals surface area contributed by atoms with E-state index >= 15 is 0 Å². The number of ether oxygens (including phenoxy) is 1. The number of hydrogen-bond acceptors (Lipinski definition) is 6. The molecule has 7 heteroatoms. The molecule has 0 amide bonds. The lowest BCUT2D eigenvalue weighted by molar-refractivity contribution is 0.415. The highest BCUT2D eigenvalue weighted by atomic mass is 32.1. The third kappa shape index (κ3) is 4.05. The fourth-order valence-corrected chi connectivity index (χ4v) is 3.62. The largest absolute Gasteiger partial charge is 0.497 e. The quantitative estimate of drug-likeness (QED) is 0.357. The first kappa shape index (κ1) is 18.9. The second-order valence-electron chi connectivity index (χ2n) is 6.47. The average Bonchev–Trinajstić information content (AvgIpc) is 3.39. The number of anilines is 1. The Balaban J connectivity index is 1.51. The molecule has 2 aromatic carbocycles. The molecule has 0 spiro atoms.